The number of nitrogens with one attached hydrogen (secondary N) is 1. The fourth-order valence-electron chi connectivity index (χ4n) is 2.05. The second-order valence-electron chi connectivity index (χ2n) is 4.81. The van der Waals surface area contributed by atoms with E-state index in [1.54, 1.807) is 0 Å². The van der Waals surface area contributed by atoms with Crippen molar-refractivity contribution in [2.75, 3.05) is 13.2 Å². The van der Waals surface area contributed by atoms with Crippen LogP contribution in [0.2, 0.25) is 0 Å². The van der Waals surface area contributed by atoms with Gasteiger partial charge in [0, 0.05) is 11.0 Å². The summed E-state index contributed by atoms with van der Waals surface area (Å²) in [5.41, 5.74) is 2.04. The lowest BCUT2D eigenvalue weighted by Crippen LogP contribution is -2.29. The molecule has 0 saturated heterocycles. The van der Waals surface area contributed by atoms with Crippen LogP contribution >= 0.6 is 15.9 Å². The Hall–Kier alpha value is -1.91. The van der Waals surface area contributed by atoms with Crippen LogP contribution < -0.4 is 5.32 Å². The van der Waals surface area contributed by atoms with E-state index in [4.69, 9.17) is 4.74 Å². The van der Waals surface area contributed by atoms with Gasteiger partial charge in [-0.1, -0.05) is 83.2 Å². The number of ether oxygens (including phenoxy) is 1. The summed E-state index contributed by atoms with van der Waals surface area (Å²) in [4.78, 5) is 11.8. The summed E-state index contributed by atoms with van der Waals surface area (Å²) in [5, 5.41) is 2.73. The van der Waals surface area contributed by atoms with Gasteiger partial charge in [0.2, 0.25) is 5.91 Å². The molecular formula is C18H18BrNO2. The molecule has 4 heteroatoms. The van der Waals surface area contributed by atoms with Crippen LogP contribution in [0.1, 0.15) is 17.2 Å². The molecule has 1 N–H and O–H groups in total. The van der Waals surface area contributed by atoms with Gasteiger partial charge in [0.15, 0.2) is 0 Å². The predicted octanol–water partition coefficient (Wildman–Crippen LogP) is 3.82. The molecule has 2 rings (SSSR count). The first-order chi connectivity index (χ1) is 10.7. The highest BCUT2D eigenvalue weighted by atomic mass is 79.9. The Balaban J connectivity index is 2.06. The van der Waals surface area contributed by atoms with E-state index in [9.17, 15) is 4.79 Å². The van der Waals surface area contributed by atoms with E-state index in [-0.39, 0.29) is 18.6 Å². The molecule has 0 aliphatic heterocycles. The lowest BCUT2D eigenvalue weighted by atomic mass is 10.0. The monoisotopic (exact) mass is 359 g/mol. The molecular weight excluding hydrogens is 342 g/mol. The van der Waals surface area contributed by atoms with Crippen LogP contribution in [-0.2, 0) is 9.53 Å². The van der Waals surface area contributed by atoms with Crippen molar-refractivity contribution < 1.29 is 9.53 Å². The van der Waals surface area contributed by atoms with E-state index in [0.717, 1.165) is 15.6 Å². The number of carbonyl (C=O) groups is 1. The molecule has 2 aromatic rings. The summed E-state index contributed by atoms with van der Waals surface area (Å²) in [6.45, 7) is 4.07. The number of hydrogen-bond donors (Lipinski definition) is 1. The average Bonchev–Trinajstić information content (AvgIpc) is 2.55. The summed E-state index contributed by atoms with van der Waals surface area (Å²) < 4.78 is 6.58. The van der Waals surface area contributed by atoms with Crippen LogP contribution in [-0.4, -0.2) is 19.1 Å². The number of halogens is 1. The van der Waals surface area contributed by atoms with Crippen molar-refractivity contribution in [1.29, 1.82) is 0 Å². The summed E-state index contributed by atoms with van der Waals surface area (Å²) >= 11 is 3.21. The largest absolute Gasteiger partial charge is 0.359 e. The SMILES string of the molecule is C=C(Br)CNC(=O)COC(c1ccccc1)c1ccccc1. The van der Waals surface area contributed by atoms with Gasteiger partial charge in [0.25, 0.3) is 0 Å². The molecule has 3 nitrogen and oxygen atoms in total. The van der Waals surface area contributed by atoms with E-state index >= 15 is 0 Å². The second-order valence-corrected chi connectivity index (χ2v) is 5.93. The Morgan fingerprint density at radius 2 is 1.55 bits per heavy atom. The predicted molar refractivity (Wildman–Crippen MR) is 91.8 cm³/mol. The topological polar surface area (TPSA) is 38.3 Å². The molecule has 0 aliphatic rings. The molecule has 0 saturated carbocycles. The van der Waals surface area contributed by atoms with E-state index in [0.29, 0.717) is 6.54 Å². The van der Waals surface area contributed by atoms with Crippen molar-refractivity contribution in [1.82, 2.24) is 5.32 Å². The molecule has 0 fully saturated rings. The zero-order chi connectivity index (χ0) is 15.8. The molecule has 0 heterocycles. The van der Waals surface area contributed by atoms with Crippen LogP contribution in [0.25, 0.3) is 0 Å². The highest BCUT2D eigenvalue weighted by Crippen LogP contribution is 2.25. The fourth-order valence-corrected chi connectivity index (χ4v) is 2.19. The smallest absolute Gasteiger partial charge is 0.246 e. The normalized spacial score (nSPS) is 10.5. The molecule has 2 aromatic carbocycles. The van der Waals surface area contributed by atoms with Crippen LogP contribution in [0.5, 0.6) is 0 Å². The third kappa shape index (κ3) is 5.13. The van der Waals surface area contributed by atoms with Gasteiger partial charge >= 0.3 is 0 Å². The number of benzene rings is 2. The number of amides is 1. The van der Waals surface area contributed by atoms with E-state index in [2.05, 4.69) is 27.8 Å². The Bertz CT molecular complexity index is 574. The molecule has 0 radical (unpaired) electrons. The first-order valence-electron chi connectivity index (χ1n) is 6.98. The van der Waals surface area contributed by atoms with Gasteiger partial charge in [-0.3, -0.25) is 4.79 Å². The zero-order valence-corrected chi connectivity index (χ0v) is 13.8. The van der Waals surface area contributed by atoms with Crippen molar-refractivity contribution in [2.45, 2.75) is 6.10 Å². The van der Waals surface area contributed by atoms with Crippen LogP contribution in [0.4, 0.5) is 0 Å². The minimum atomic E-state index is -0.264. The maximum absolute atomic E-state index is 11.8. The lowest BCUT2D eigenvalue weighted by Gasteiger charge is -2.18. The van der Waals surface area contributed by atoms with Gasteiger partial charge in [-0.05, 0) is 11.1 Å². The van der Waals surface area contributed by atoms with Crippen molar-refractivity contribution in [3.63, 3.8) is 0 Å². The Labute approximate surface area is 139 Å². The average molecular weight is 360 g/mol. The molecule has 0 aliphatic carbocycles. The van der Waals surface area contributed by atoms with Crippen LogP contribution in [0, 0.1) is 0 Å². The number of hydrogen-bond acceptors (Lipinski definition) is 2. The van der Waals surface area contributed by atoms with Gasteiger partial charge in [0.1, 0.15) is 12.7 Å². The van der Waals surface area contributed by atoms with Crippen LogP contribution in [0.3, 0.4) is 0 Å². The summed E-state index contributed by atoms with van der Waals surface area (Å²) in [7, 11) is 0. The Morgan fingerprint density at radius 1 is 1.05 bits per heavy atom. The second kappa shape index (κ2) is 8.51. The number of rotatable bonds is 7. The van der Waals surface area contributed by atoms with Crippen LogP contribution in [0.15, 0.2) is 71.7 Å². The molecule has 0 spiro atoms. The summed E-state index contributed by atoms with van der Waals surface area (Å²) in [6.07, 6.45) is -0.264. The quantitative estimate of drug-likeness (QED) is 0.815. The lowest BCUT2D eigenvalue weighted by molar-refractivity contribution is -0.126. The van der Waals surface area contributed by atoms with Crippen molar-refractivity contribution >= 4 is 21.8 Å². The third-order valence-corrected chi connectivity index (χ3v) is 3.34. The zero-order valence-electron chi connectivity index (χ0n) is 12.2. The fraction of sp³-hybridized carbons (Fsp3) is 0.167. The Morgan fingerprint density at radius 3 is 2.00 bits per heavy atom. The molecule has 0 aromatic heterocycles. The molecule has 0 bridgehead atoms. The molecule has 0 atom stereocenters. The van der Waals surface area contributed by atoms with Gasteiger partial charge in [-0.25, -0.2) is 0 Å². The summed E-state index contributed by atoms with van der Waals surface area (Å²) in [5.74, 6) is -0.169. The molecule has 22 heavy (non-hydrogen) atoms. The molecule has 1 amide bonds. The number of carbonyl (C=O) groups excluding carboxylic acids is 1. The standard InChI is InChI=1S/C18H18BrNO2/c1-14(19)12-20-17(21)13-22-18(15-8-4-2-5-9-15)16-10-6-3-7-11-16/h2-11,18H,1,12-13H2,(H,20,21). The Kier molecular flexibility index (Phi) is 6.37. The first-order valence-corrected chi connectivity index (χ1v) is 7.77. The maximum Gasteiger partial charge on any atom is 0.246 e. The van der Waals surface area contributed by atoms with Gasteiger partial charge < -0.3 is 10.1 Å². The minimum absolute atomic E-state index is 0.00522. The van der Waals surface area contributed by atoms with Gasteiger partial charge in [-0.15, -0.1) is 0 Å². The van der Waals surface area contributed by atoms with Crippen molar-refractivity contribution in [3.05, 3.63) is 82.9 Å². The molecule has 0 unspecified atom stereocenters. The van der Waals surface area contributed by atoms with Gasteiger partial charge in [-0.2, -0.15) is 0 Å². The highest BCUT2D eigenvalue weighted by molar-refractivity contribution is 9.11. The van der Waals surface area contributed by atoms with Crippen molar-refractivity contribution in [3.8, 4) is 0 Å². The van der Waals surface area contributed by atoms with E-state index in [1.807, 2.05) is 60.7 Å². The van der Waals surface area contributed by atoms with Crippen molar-refractivity contribution in [2.24, 2.45) is 0 Å². The van der Waals surface area contributed by atoms with E-state index in [1.165, 1.54) is 0 Å². The first kappa shape index (κ1) is 16.5. The third-order valence-electron chi connectivity index (χ3n) is 3.06. The van der Waals surface area contributed by atoms with E-state index < -0.39 is 0 Å². The molecule has 114 valence electrons. The van der Waals surface area contributed by atoms with Gasteiger partial charge in [0.05, 0.1) is 0 Å². The summed E-state index contributed by atoms with van der Waals surface area (Å²) in [6, 6.07) is 19.7. The maximum atomic E-state index is 11.8. The minimum Gasteiger partial charge on any atom is -0.359 e. The highest BCUT2D eigenvalue weighted by Gasteiger charge is 2.15.